The summed E-state index contributed by atoms with van der Waals surface area (Å²) in [5.41, 5.74) is -6.02. The van der Waals surface area contributed by atoms with Crippen LogP contribution in [0, 0.1) is 0 Å². The van der Waals surface area contributed by atoms with Gasteiger partial charge in [-0.15, -0.1) is 0 Å². The number of halogens is 6. The molecule has 0 heterocycles. The number of hydrogen-bond acceptors (Lipinski definition) is 3. The largest absolute Gasteiger partial charge is 0.430 e. The van der Waals surface area contributed by atoms with Crippen LogP contribution in [-0.2, 0) is 10.4 Å². The van der Waals surface area contributed by atoms with E-state index < -0.39 is 23.5 Å². The Morgan fingerprint density at radius 3 is 1.88 bits per heavy atom. The van der Waals surface area contributed by atoms with Crippen LogP contribution >= 0.6 is 0 Å². The Morgan fingerprint density at radius 2 is 1.50 bits per heavy atom. The van der Waals surface area contributed by atoms with Crippen molar-refractivity contribution in [3.63, 3.8) is 0 Å². The molecule has 136 valence electrons. The van der Waals surface area contributed by atoms with Gasteiger partial charge in [0.1, 0.15) is 0 Å². The van der Waals surface area contributed by atoms with Crippen molar-refractivity contribution < 1.29 is 36.2 Å². The molecule has 0 aromatic heterocycles. The number of ketones is 1. The van der Waals surface area contributed by atoms with E-state index in [2.05, 4.69) is 0 Å². The van der Waals surface area contributed by atoms with Crippen molar-refractivity contribution >= 4 is 11.5 Å². The lowest BCUT2D eigenvalue weighted by Gasteiger charge is -2.33. The molecule has 0 aliphatic carbocycles. The van der Waals surface area contributed by atoms with Crippen LogP contribution in [0.3, 0.4) is 0 Å². The number of aliphatic hydroxyl groups is 1. The second-order valence-electron chi connectivity index (χ2n) is 5.40. The molecule has 1 rings (SSSR count). The molecule has 0 aliphatic rings. The van der Waals surface area contributed by atoms with Crippen LogP contribution in [0.15, 0.2) is 24.3 Å². The average molecular weight is 357 g/mol. The number of benzene rings is 1. The molecule has 3 nitrogen and oxygen atoms in total. The third-order valence-electron chi connectivity index (χ3n) is 3.49. The van der Waals surface area contributed by atoms with Gasteiger partial charge < -0.3 is 10.0 Å². The van der Waals surface area contributed by atoms with Crippen LogP contribution in [0.2, 0.25) is 0 Å². The highest BCUT2D eigenvalue weighted by atomic mass is 19.4. The number of alkyl halides is 6. The van der Waals surface area contributed by atoms with Crippen molar-refractivity contribution in [3.8, 4) is 0 Å². The second-order valence-corrected chi connectivity index (χ2v) is 5.40. The van der Waals surface area contributed by atoms with Gasteiger partial charge in [-0.2, -0.15) is 26.3 Å². The summed E-state index contributed by atoms with van der Waals surface area (Å²) in [6.45, 7) is 1.79. The fraction of sp³-hybridized carbons (Fsp3) is 0.533. The molecule has 24 heavy (non-hydrogen) atoms. The van der Waals surface area contributed by atoms with Crippen molar-refractivity contribution in [2.75, 3.05) is 18.5 Å². The number of carbonyl (C=O) groups is 1. The van der Waals surface area contributed by atoms with E-state index in [1.807, 2.05) is 6.92 Å². The van der Waals surface area contributed by atoms with E-state index in [0.29, 0.717) is 25.0 Å². The number of nitrogens with zero attached hydrogens (tertiary/aromatic N) is 1. The Morgan fingerprint density at radius 1 is 1.04 bits per heavy atom. The quantitative estimate of drug-likeness (QED) is 0.788. The highest BCUT2D eigenvalue weighted by Gasteiger charge is 2.71. The Balaban J connectivity index is 3.11. The molecule has 0 bridgehead atoms. The van der Waals surface area contributed by atoms with Gasteiger partial charge in [-0.3, -0.25) is 4.79 Å². The summed E-state index contributed by atoms with van der Waals surface area (Å²) in [4.78, 5) is 12.9. The summed E-state index contributed by atoms with van der Waals surface area (Å²) in [5.74, 6) is -0.105. The normalized spacial score (nSPS) is 13.0. The second kappa shape index (κ2) is 7.00. The van der Waals surface area contributed by atoms with E-state index in [0.717, 1.165) is 12.1 Å². The van der Waals surface area contributed by atoms with Crippen molar-refractivity contribution in [2.45, 2.75) is 37.7 Å². The first kappa shape index (κ1) is 20.3. The summed E-state index contributed by atoms with van der Waals surface area (Å²) in [6.07, 6.45) is -10.9. The summed E-state index contributed by atoms with van der Waals surface area (Å²) in [6, 6.07) is 3.10. The fourth-order valence-electron chi connectivity index (χ4n) is 2.16. The number of carbonyl (C=O) groups excluding carboxylic acids is 1. The summed E-state index contributed by atoms with van der Waals surface area (Å²) in [7, 11) is 1.49. The van der Waals surface area contributed by atoms with Crippen molar-refractivity contribution in [3.05, 3.63) is 29.8 Å². The lowest BCUT2D eigenvalue weighted by molar-refractivity contribution is -0.376. The third kappa shape index (κ3) is 4.00. The monoisotopic (exact) mass is 357 g/mol. The number of rotatable bonds is 6. The molecular formula is C15H17F6NO2. The minimum Gasteiger partial charge on any atom is -0.369 e. The maximum atomic E-state index is 12.8. The van der Waals surface area contributed by atoms with Crippen LogP contribution in [0.1, 0.15) is 25.3 Å². The number of likely N-dealkylation sites (N-methyl/N-ethyl adjacent to an activating group) is 1. The molecular weight excluding hydrogens is 340 g/mol. The van der Waals surface area contributed by atoms with Gasteiger partial charge in [0.05, 0.1) is 6.54 Å². The van der Waals surface area contributed by atoms with Gasteiger partial charge in [-0.1, -0.05) is 19.1 Å². The van der Waals surface area contributed by atoms with Gasteiger partial charge in [0, 0.05) is 24.7 Å². The molecule has 0 amide bonds. The van der Waals surface area contributed by atoms with E-state index in [1.54, 1.807) is 0 Å². The Bertz CT molecular complexity index is 551. The Labute approximate surface area is 134 Å². The van der Waals surface area contributed by atoms with Gasteiger partial charge in [0.2, 0.25) is 0 Å². The van der Waals surface area contributed by atoms with Gasteiger partial charge in [-0.25, -0.2) is 0 Å². The summed E-state index contributed by atoms with van der Waals surface area (Å²) < 4.78 is 76.7. The molecule has 0 aliphatic heterocycles. The first-order valence-electron chi connectivity index (χ1n) is 7.03. The third-order valence-corrected chi connectivity index (χ3v) is 3.49. The van der Waals surface area contributed by atoms with Crippen molar-refractivity contribution in [1.29, 1.82) is 0 Å². The van der Waals surface area contributed by atoms with E-state index in [1.165, 1.54) is 11.9 Å². The molecule has 9 heteroatoms. The van der Waals surface area contributed by atoms with Crippen molar-refractivity contribution in [2.24, 2.45) is 0 Å². The number of anilines is 1. The lowest BCUT2D eigenvalue weighted by Crippen LogP contribution is -2.53. The van der Waals surface area contributed by atoms with Crippen LogP contribution in [0.25, 0.3) is 0 Å². The summed E-state index contributed by atoms with van der Waals surface area (Å²) >= 11 is 0. The van der Waals surface area contributed by atoms with Crippen molar-refractivity contribution in [1.82, 2.24) is 0 Å². The van der Waals surface area contributed by atoms with E-state index in [-0.39, 0.29) is 18.0 Å². The van der Waals surface area contributed by atoms with Crippen LogP contribution in [-0.4, -0.2) is 36.8 Å². The molecule has 0 radical (unpaired) electrons. The van der Waals surface area contributed by atoms with Gasteiger partial charge in [0.25, 0.3) is 5.60 Å². The molecule has 0 fully saturated rings. The van der Waals surface area contributed by atoms with E-state index in [9.17, 15) is 36.2 Å². The molecule has 0 saturated carbocycles. The zero-order valence-corrected chi connectivity index (χ0v) is 13.0. The zero-order chi connectivity index (χ0) is 18.8. The minimum absolute atomic E-state index is 0.0179. The maximum absolute atomic E-state index is 12.8. The minimum atomic E-state index is -5.92. The Kier molecular flexibility index (Phi) is 5.91. The molecule has 0 saturated heterocycles. The standard InChI is InChI=1S/C15H17F6NO2/c1-3-4-12(23)9-22(2)11-7-5-10(6-8-11)13(24,14(16,17)18)15(19,20)21/h5-8,24H,3-4,9H2,1-2H3. The number of Topliss-reactive ketones (excluding diaryl/α,β-unsaturated/α-hetero) is 1. The molecule has 0 atom stereocenters. The highest BCUT2D eigenvalue weighted by Crippen LogP contribution is 2.50. The van der Waals surface area contributed by atoms with Gasteiger partial charge >= 0.3 is 12.4 Å². The number of hydrogen-bond donors (Lipinski definition) is 1. The van der Waals surface area contributed by atoms with Crippen LogP contribution in [0.4, 0.5) is 32.0 Å². The van der Waals surface area contributed by atoms with Gasteiger partial charge in [0.15, 0.2) is 5.78 Å². The smallest absolute Gasteiger partial charge is 0.369 e. The molecule has 1 N–H and O–H groups in total. The highest BCUT2D eigenvalue weighted by molar-refractivity contribution is 5.83. The Hall–Kier alpha value is -1.77. The predicted molar refractivity (Wildman–Crippen MR) is 75.6 cm³/mol. The molecule has 1 aromatic rings. The van der Waals surface area contributed by atoms with E-state index >= 15 is 0 Å². The topological polar surface area (TPSA) is 40.5 Å². The predicted octanol–water partition coefficient (Wildman–Crippen LogP) is 3.80. The molecule has 0 spiro atoms. The van der Waals surface area contributed by atoms with Gasteiger partial charge in [-0.05, 0) is 18.6 Å². The van der Waals surface area contributed by atoms with E-state index in [4.69, 9.17) is 0 Å². The van der Waals surface area contributed by atoms with Crippen LogP contribution in [0.5, 0.6) is 0 Å². The maximum Gasteiger partial charge on any atom is 0.430 e. The molecule has 1 aromatic carbocycles. The first-order chi connectivity index (χ1) is 10.8. The molecule has 0 unspecified atom stereocenters. The fourth-order valence-corrected chi connectivity index (χ4v) is 2.16. The van der Waals surface area contributed by atoms with Crippen LogP contribution < -0.4 is 4.90 Å². The lowest BCUT2D eigenvalue weighted by atomic mass is 9.92. The average Bonchev–Trinajstić information content (AvgIpc) is 2.44. The summed E-state index contributed by atoms with van der Waals surface area (Å²) in [5, 5.41) is 9.28. The SMILES string of the molecule is CCCC(=O)CN(C)c1ccc(C(O)(C(F)(F)F)C(F)(F)F)cc1. The first-order valence-corrected chi connectivity index (χ1v) is 7.03. The zero-order valence-electron chi connectivity index (χ0n) is 13.0.